The summed E-state index contributed by atoms with van der Waals surface area (Å²) in [4.78, 5) is 10.7. The number of rotatable bonds is 6. The molecule has 0 amide bonds. The number of thioether (sulfide) groups is 1. The van der Waals surface area contributed by atoms with E-state index in [-0.39, 0.29) is 15.6 Å². The molecule has 1 aliphatic rings. The van der Waals surface area contributed by atoms with E-state index in [1.807, 2.05) is 6.26 Å². The summed E-state index contributed by atoms with van der Waals surface area (Å²) in [6.45, 7) is 0.333. The maximum atomic E-state index is 12.1. The number of carboxylic acid groups (broad SMARTS) is 1. The smallest absolute Gasteiger partial charge is 0.371 e. The quantitative estimate of drug-likeness (QED) is 0.831. The van der Waals surface area contributed by atoms with E-state index in [2.05, 4.69) is 4.72 Å². The van der Waals surface area contributed by atoms with Crippen LogP contribution in [0.5, 0.6) is 0 Å². The zero-order valence-corrected chi connectivity index (χ0v) is 12.7. The van der Waals surface area contributed by atoms with Crippen molar-refractivity contribution in [1.82, 2.24) is 4.72 Å². The molecule has 112 valence electrons. The van der Waals surface area contributed by atoms with Gasteiger partial charge in [0.05, 0.1) is 0 Å². The van der Waals surface area contributed by atoms with Crippen molar-refractivity contribution in [3.05, 3.63) is 17.9 Å². The van der Waals surface area contributed by atoms with Gasteiger partial charge in [-0.25, -0.2) is 17.9 Å². The molecule has 2 rings (SSSR count). The maximum absolute atomic E-state index is 12.1. The summed E-state index contributed by atoms with van der Waals surface area (Å²) in [7, 11) is -3.80. The Kier molecular flexibility index (Phi) is 4.46. The van der Waals surface area contributed by atoms with Crippen LogP contribution in [0, 0.1) is 0 Å². The van der Waals surface area contributed by atoms with Crippen molar-refractivity contribution in [3.8, 4) is 0 Å². The third-order valence-corrected chi connectivity index (χ3v) is 6.28. The molecule has 1 saturated carbocycles. The molecule has 0 bridgehead atoms. The standard InChI is InChI=1S/C12H17NO5S2/c1-19-12(6-2-3-7-12)8-13-20(16,17)10-5-4-9(18-10)11(14)15/h4-5,13H,2-3,6-8H2,1H3,(H,14,15). The van der Waals surface area contributed by atoms with Crippen LogP contribution in [0.4, 0.5) is 0 Å². The van der Waals surface area contributed by atoms with Crippen LogP contribution in [0.3, 0.4) is 0 Å². The van der Waals surface area contributed by atoms with Gasteiger partial charge in [0.2, 0.25) is 10.9 Å². The Morgan fingerprint density at radius 1 is 1.45 bits per heavy atom. The first-order chi connectivity index (χ1) is 9.38. The van der Waals surface area contributed by atoms with E-state index >= 15 is 0 Å². The lowest BCUT2D eigenvalue weighted by Crippen LogP contribution is -2.38. The van der Waals surface area contributed by atoms with Crippen molar-refractivity contribution >= 4 is 27.8 Å². The third kappa shape index (κ3) is 3.18. The predicted octanol–water partition coefficient (Wildman–Crippen LogP) is 1.93. The van der Waals surface area contributed by atoms with Gasteiger partial charge in [-0.15, -0.1) is 0 Å². The molecule has 1 heterocycles. The fraction of sp³-hybridized carbons (Fsp3) is 0.583. The highest BCUT2D eigenvalue weighted by Gasteiger charge is 2.34. The molecular weight excluding hydrogens is 302 g/mol. The van der Waals surface area contributed by atoms with Gasteiger partial charge < -0.3 is 9.52 Å². The molecule has 0 aliphatic heterocycles. The second-order valence-corrected chi connectivity index (χ2v) is 7.81. The van der Waals surface area contributed by atoms with Crippen LogP contribution >= 0.6 is 11.8 Å². The van der Waals surface area contributed by atoms with Crippen molar-refractivity contribution in [3.63, 3.8) is 0 Å². The van der Waals surface area contributed by atoms with E-state index in [9.17, 15) is 13.2 Å². The summed E-state index contributed by atoms with van der Waals surface area (Å²) >= 11 is 1.67. The number of carboxylic acids is 1. The summed E-state index contributed by atoms with van der Waals surface area (Å²) in [6.07, 6.45) is 6.15. The van der Waals surface area contributed by atoms with Crippen LogP contribution < -0.4 is 4.72 Å². The Labute approximate surface area is 122 Å². The van der Waals surface area contributed by atoms with Gasteiger partial charge in [0.25, 0.3) is 10.0 Å². The van der Waals surface area contributed by atoms with E-state index in [1.54, 1.807) is 11.8 Å². The number of carbonyl (C=O) groups is 1. The number of aromatic carboxylic acids is 1. The molecule has 1 aromatic heterocycles. The molecule has 0 unspecified atom stereocenters. The molecule has 1 aromatic rings. The van der Waals surface area contributed by atoms with Gasteiger partial charge in [-0.2, -0.15) is 11.8 Å². The molecular formula is C12H17NO5S2. The van der Waals surface area contributed by atoms with Crippen molar-refractivity contribution < 1.29 is 22.7 Å². The second-order valence-electron chi connectivity index (χ2n) is 4.84. The molecule has 1 fully saturated rings. The molecule has 0 saturated heterocycles. The summed E-state index contributed by atoms with van der Waals surface area (Å²) in [6, 6.07) is 2.29. The SMILES string of the molecule is CSC1(CNS(=O)(=O)c2ccc(C(=O)O)o2)CCCC1. The lowest BCUT2D eigenvalue weighted by molar-refractivity contribution is 0.0656. The highest BCUT2D eigenvalue weighted by atomic mass is 32.2. The van der Waals surface area contributed by atoms with Crippen molar-refractivity contribution in [2.45, 2.75) is 35.5 Å². The minimum absolute atomic E-state index is 0.0602. The van der Waals surface area contributed by atoms with Gasteiger partial charge in [0, 0.05) is 11.3 Å². The lowest BCUT2D eigenvalue weighted by Gasteiger charge is -2.26. The number of hydrogen-bond acceptors (Lipinski definition) is 5. The Balaban J connectivity index is 2.08. The summed E-state index contributed by atoms with van der Waals surface area (Å²) in [5.74, 6) is -1.67. The van der Waals surface area contributed by atoms with Gasteiger partial charge >= 0.3 is 5.97 Å². The molecule has 1 aliphatic carbocycles. The van der Waals surface area contributed by atoms with E-state index in [0.717, 1.165) is 37.8 Å². The Hall–Kier alpha value is -0.990. The minimum Gasteiger partial charge on any atom is -0.475 e. The van der Waals surface area contributed by atoms with Gasteiger partial charge in [0.1, 0.15) is 0 Å². The number of furan rings is 1. The monoisotopic (exact) mass is 319 g/mol. The predicted molar refractivity (Wildman–Crippen MR) is 75.6 cm³/mol. The molecule has 2 N–H and O–H groups in total. The van der Waals surface area contributed by atoms with Crippen LogP contribution in [0.2, 0.25) is 0 Å². The van der Waals surface area contributed by atoms with Gasteiger partial charge in [-0.1, -0.05) is 12.8 Å². The maximum Gasteiger partial charge on any atom is 0.371 e. The van der Waals surface area contributed by atoms with E-state index in [0.29, 0.717) is 6.54 Å². The van der Waals surface area contributed by atoms with Crippen LogP contribution in [0.15, 0.2) is 21.6 Å². The Morgan fingerprint density at radius 2 is 2.10 bits per heavy atom. The van der Waals surface area contributed by atoms with Gasteiger partial charge in [0.15, 0.2) is 0 Å². The van der Waals surface area contributed by atoms with Crippen molar-refractivity contribution in [2.75, 3.05) is 12.8 Å². The van der Waals surface area contributed by atoms with E-state index in [4.69, 9.17) is 9.52 Å². The zero-order chi connectivity index (χ0) is 14.8. The first-order valence-electron chi connectivity index (χ1n) is 6.26. The molecule has 0 spiro atoms. The molecule has 6 nitrogen and oxygen atoms in total. The largest absolute Gasteiger partial charge is 0.475 e. The Bertz CT molecular complexity index is 587. The lowest BCUT2D eigenvalue weighted by atomic mass is 10.1. The van der Waals surface area contributed by atoms with Crippen LogP contribution in [-0.2, 0) is 10.0 Å². The van der Waals surface area contributed by atoms with Crippen LogP contribution in [0.1, 0.15) is 36.2 Å². The summed E-state index contributed by atoms with van der Waals surface area (Å²) in [5.41, 5.74) is 0. The van der Waals surface area contributed by atoms with Crippen LogP contribution in [-0.4, -0.2) is 37.0 Å². The highest BCUT2D eigenvalue weighted by Crippen LogP contribution is 2.39. The highest BCUT2D eigenvalue weighted by molar-refractivity contribution is 8.00. The molecule has 8 heteroatoms. The van der Waals surface area contributed by atoms with Crippen molar-refractivity contribution in [1.29, 1.82) is 0 Å². The number of hydrogen-bond donors (Lipinski definition) is 2. The average Bonchev–Trinajstić information content (AvgIpc) is 3.07. The van der Waals surface area contributed by atoms with Gasteiger partial charge in [-0.3, -0.25) is 0 Å². The minimum atomic E-state index is -3.80. The first kappa shape index (κ1) is 15.4. The molecule has 0 radical (unpaired) electrons. The van der Waals surface area contributed by atoms with E-state index < -0.39 is 16.0 Å². The number of sulfonamides is 1. The Morgan fingerprint density at radius 3 is 2.60 bits per heavy atom. The molecule has 20 heavy (non-hydrogen) atoms. The molecule has 0 aromatic carbocycles. The first-order valence-corrected chi connectivity index (χ1v) is 8.97. The summed E-state index contributed by atoms with van der Waals surface area (Å²) < 4.78 is 31.5. The van der Waals surface area contributed by atoms with Crippen molar-refractivity contribution in [2.24, 2.45) is 0 Å². The summed E-state index contributed by atoms with van der Waals surface area (Å²) in [5, 5.41) is 8.38. The normalized spacial score (nSPS) is 18.2. The van der Waals surface area contributed by atoms with Gasteiger partial charge in [-0.05, 0) is 31.2 Å². The zero-order valence-electron chi connectivity index (χ0n) is 11.1. The average molecular weight is 319 g/mol. The topological polar surface area (TPSA) is 96.6 Å². The third-order valence-electron chi connectivity index (χ3n) is 3.59. The fourth-order valence-electron chi connectivity index (χ4n) is 2.35. The second kappa shape index (κ2) is 5.79. The fourth-order valence-corrected chi connectivity index (χ4v) is 4.41. The number of nitrogens with one attached hydrogen (secondary N) is 1. The van der Waals surface area contributed by atoms with E-state index in [1.165, 1.54) is 0 Å². The molecule has 0 atom stereocenters. The van der Waals surface area contributed by atoms with Crippen LogP contribution in [0.25, 0.3) is 0 Å².